The summed E-state index contributed by atoms with van der Waals surface area (Å²) in [6, 6.07) is 8.52. The first-order valence-electron chi connectivity index (χ1n) is 5.02. The van der Waals surface area contributed by atoms with Crippen LogP contribution < -0.4 is 4.90 Å². The third-order valence-corrected chi connectivity index (χ3v) is 2.79. The Labute approximate surface area is 84.8 Å². The van der Waals surface area contributed by atoms with Crippen LogP contribution in [-0.2, 0) is 12.8 Å². The Balaban J connectivity index is 2.47. The van der Waals surface area contributed by atoms with Crippen molar-refractivity contribution < 1.29 is 0 Å². The second kappa shape index (κ2) is 3.71. The molecule has 0 spiro atoms. The predicted octanol–water partition coefficient (Wildman–Crippen LogP) is 2.14. The highest BCUT2D eigenvalue weighted by Gasteiger charge is 2.16. The second-order valence-electron chi connectivity index (χ2n) is 3.78. The van der Waals surface area contributed by atoms with Gasteiger partial charge in [0.05, 0.1) is 12.5 Å². The molecule has 0 aliphatic carbocycles. The molecule has 0 unspecified atom stereocenters. The van der Waals surface area contributed by atoms with Gasteiger partial charge in [-0.3, -0.25) is 0 Å². The Morgan fingerprint density at radius 1 is 1.50 bits per heavy atom. The fraction of sp³-hybridized carbons (Fsp3) is 0.417. The van der Waals surface area contributed by atoms with Crippen molar-refractivity contribution in [3.63, 3.8) is 0 Å². The first-order valence-corrected chi connectivity index (χ1v) is 5.02. The molecule has 14 heavy (non-hydrogen) atoms. The van der Waals surface area contributed by atoms with Crippen molar-refractivity contribution >= 4 is 5.69 Å². The van der Waals surface area contributed by atoms with Crippen LogP contribution in [0.1, 0.15) is 17.5 Å². The van der Waals surface area contributed by atoms with Crippen molar-refractivity contribution in [2.45, 2.75) is 19.3 Å². The van der Waals surface area contributed by atoms with Gasteiger partial charge in [0.1, 0.15) is 0 Å². The van der Waals surface area contributed by atoms with Crippen LogP contribution in [0.3, 0.4) is 0 Å². The summed E-state index contributed by atoms with van der Waals surface area (Å²) in [5.41, 5.74) is 3.86. The Kier molecular flexibility index (Phi) is 2.41. The van der Waals surface area contributed by atoms with E-state index in [1.807, 2.05) is 0 Å². The van der Waals surface area contributed by atoms with Crippen molar-refractivity contribution in [3.05, 3.63) is 29.3 Å². The van der Waals surface area contributed by atoms with Crippen LogP contribution in [-0.4, -0.2) is 13.6 Å². The van der Waals surface area contributed by atoms with Gasteiger partial charge in [-0.1, -0.05) is 18.2 Å². The first kappa shape index (κ1) is 9.08. The average Bonchev–Trinajstić information content (AvgIpc) is 2.19. The topological polar surface area (TPSA) is 27.0 Å². The predicted molar refractivity (Wildman–Crippen MR) is 57.4 cm³/mol. The maximum absolute atomic E-state index is 8.74. The molecule has 2 nitrogen and oxygen atoms in total. The van der Waals surface area contributed by atoms with E-state index in [-0.39, 0.29) is 0 Å². The number of hydrogen-bond donors (Lipinski definition) is 0. The number of hydrogen-bond acceptors (Lipinski definition) is 2. The maximum atomic E-state index is 8.74. The highest BCUT2D eigenvalue weighted by molar-refractivity contribution is 5.61. The Morgan fingerprint density at radius 2 is 2.36 bits per heavy atom. The number of nitriles is 1. The summed E-state index contributed by atoms with van der Waals surface area (Å²) in [6.07, 6.45) is 2.89. The fourth-order valence-electron chi connectivity index (χ4n) is 2.18. The van der Waals surface area contributed by atoms with E-state index in [0.717, 1.165) is 13.0 Å². The smallest absolute Gasteiger partial charge is 0.0670 e. The fourth-order valence-corrected chi connectivity index (χ4v) is 2.18. The van der Waals surface area contributed by atoms with Crippen molar-refractivity contribution in [2.24, 2.45) is 0 Å². The van der Waals surface area contributed by atoms with Crippen LogP contribution in [0.15, 0.2) is 18.2 Å². The molecule has 0 atom stereocenters. The summed E-state index contributed by atoms with van der Waals surface area (Å²) in [4.78, 5) is 2.27. The third kappa shape index (κ3) is 1.46. The number of rotatable bonds is 1. The van der Waals surface area contributed by atoms with Crippen molar-refractivity contribution in [1.29, 1.82) is 5.26 Å². The zero-order valence-corrected chi connectivity index (χ0v) is 8.45. The Hall–Kier alpha value is -1.49. The maximum Gasteiger partial charge on any atom is 0.0670 e. The molecule has 1 aliphatic heterocycles. The van der Waals surface area contributed by atoms with Crippen molar-refractivity contribution in [1.82, 2.24) is 0 Å². The van der Waals surface area contributed by atoms with Gasteiger partial charge in [0.25, 0.3) is 0 Å². The minimum absolute atomic E-state index is 0.521. The molecule has 1 heterocycles. The number of benzene rings is 1. The Bertz CT molecular complexity index is 376. The van der Waals surface area contributed by atoms with E-state index >= 15 is 0 Å². The van der Waals surface area contributed by atoms with Crippen molar-refractivity contribution in [2.75, 3.05) is 18.5 Å². The molecule has 1 aromatic rings. The van der Waals surface area contributed by atoms with Crippen LogP contribution in [0.25, 0.3) is 0 Å². The highest BCUT2D eigenvalue weighted by Crippen LogP contribution is 2.29. The summed E-state index contributed by atoms with van der Waals surface area (Å²) < 4.78 is 0. The number of fused-ring (bicyclic) bond motifs is 1. The lowest BCUT2D eigenvalue weighted by atomic mass is 9.97. The zero-order valence-electron chi connectivity index (χ0n) is 8.45. The quantitative estimate of drug-likeness (QED) is 0.671. The van der Waals surface area contributed by atoms with E-state index in [1.54, 1.807) is 0 Å². The first-order chi connectivity index (χ1) is 6.83. The highest BCUT2D eigenvalue weighted by atomic mass is 15.1. The van der Waals surface area contributed by atoms with Crippen LogP contribution >= 0.6 is 0 Å². The lowest BCUT2D eigenvalue weighted by Gasteiger charge is -2.29. The van der Waals surface area contributed by atoms with Gasteiger partial charge < -0.3 is 4.90 Å². The largest absolute Gasteiger partial charge is 0.374 e. The molecule has 0 radical (unpaired) electrons. The lowest BCUT2D eigenvalue weighted by molar-refractivity contribution is 0.740. The second-order valence-corrected chi connectivity index (χ2v) is 3.78. The van der Waals surface area contributed by atoms with Gasteiger partial charge in [-0.25, -0.2) is 0 Å². The molecule has 0 bridgehead atoms. The van der Waals surface area contributed by atoms with Gasteiger partial charge in [0.2, 0.25) is 0 Å². The number of anilines is 1. The van der Waals surface area contributed by atoms with Gasteiger partial charge in [0, 0.05) is 19.3 Å². The minimum Gasteiger partial charge on any atom is -0.374 e. The minimum atomic E-state index is 0.521. The summed E-state index contributed by atoms with van der Waals surface area (Å²) in [5.74, 6) is 0. The molecule has 0 N–H and O–H groups in total. The van der Waals surface area contributed by atoms with Crippen LogP contribution in [0.4, 0.5) is 5.69 Å². The lowest BCUT2D eigenvalue weighted by Crippen LogP contribution is -2.25. The Morgan fingerprint density at radius 3 is 3.14 bits per heavy atom. The summed E-state index contributed by atoms with van der Waals surface area (Å²) in [7, 11) is 2.11. The molecule has 2 rings (SSSR count). The standard InChI is InChI=1S/C12H14N2/c1-14-9-3-6-10-4-2-5-11(7-8-13)12(10)14/h2,4-5H,3,6-7,9H2,1H3. The molecular weight excluding hydrogens is 172 g/mol. The number of aryl methyl sites for hydroxylation is 1. The van der Waals surface area contributed by atoms with E-state index in [4.69, 9.17) is 5.26 Å². The molecule has 0 saturated heterocycles. The number of para-hydroxylation sites is 1. The molecule has 0 fully saturated rings. The van der Waals surface area contributed by atoms with E-state index in [9.17, 15) is 0 Å². The van der Waals surface area contributed by atoms with Gasteiger partial charge >= 0.3 is 0 Å². The molecule has 0 aromatic heterocycles. The molecule has 0 amide bonds. The van der Waals surface area contributed by atoms with E-state index in [1.165, 1.54) is 23.2 Å². The van der Waals surface area contributed by atoms with Crippen LogP contribution in [0, 0.1) is 11.3 Å². The normalized spacial score (nSPS) is 14.7. The van der Waals surface area contributed by atoms with Gasteiger partial charge in [0.15, 0.2) is 0 Å². The van der Waals surface area contributed by atoms with Gasteiger partial charge in [-0.15, -0.1) is 0 Å². The van der Waals surface area contributed by atoms with E-state index in [0.29, 0.717) is 6.42 Å². The monoisotopic (exact) mass is 186 g/mol. The molecule has 72 valence electrons. The summed E-state index contributed by atoms with van der Waals surface area (Å²) in [5, 5.41) is 8.74. The zero-order chi connectivity index (χ0) is 9.97. The number of nitrogens with zero attached hydrogens (tertiary/aromatic N) is 2. The van der Waals surface area contributed by atoms with Crippen molar-refractivity contribution in [3.8, 4) is 6.07 Å². The van der Waals surface area contributed by atoms with Gasteiger partial charge in [-0.2, -0.15) is 5.26 Å². The van der Waals surface area contributed by atoms with Crippen LogP contribution in [0.2, 0.25) is 0 Å². The molecule has 1 aromatic carbocycles. The SMILES string of the molecule is CN1CCCc2cccc(CC#N)c21. The molecule has 1 aliphatic rings. The molecular formula is C12H14N2. The van der Waals surface area contributed by atoms with Gasteiger partial charge in [-0.05, 0) is 24.0 Å². The summed E-state index contributed by atoms with van der Waals surface area (Å²) in [6.45, 7) is 1.11. The summed E-state index contributed by atoms with van der Waals surface area (Å²) >= 11 is 0. The molecule has 0 saturated carbocycles. The molecule has 2 heteroatoms. The average molecular weight is 186 g/mol. The van der Waals surface area contributed by atoms with Crippen LogP contribution in [0.5, 0.6) is 0 Å². The van der Waals surface area contributed by atoms with E-state index in [2.05, 4.69) is 36.2 Å². The van der Waals surface area contributed by atoms with E-state index < -0.39 is 0 Å². The third-order valence-electron chi connectivity index (χ3n) is 2.79.